The van der Waals surface area contributed by atoms with E-state index in [0.29, 0.717) is 17.9 Å². The predicted octanol–water partition coefficient (Wildman–Crippen LogP) is 1.95. The van der Waals surface area contributed by atoms with Crippen LogP contribution in [0.1, 0.15) is 36.7 Å². The van der Waals surface area contributed by atoms with E-state index in [4.69, 9.17) is 4.74 Å². The molecule has 1 heterocycles. The standard InChI is InChI=1S/C18H22N2O5S/c1-18(2,3)13-6-4-12(5-7-13)16(23)19-14(21)11-25-15(22)10-20-8-9-26-17(20)24/h4-7H,8-11H2,1-3H3,(H,19,21,23). The largest absolute Gasteiger partial charge is 0.454 e. The first-order valence-corrected chi connectivity index (χ1v) is 9.17. The number of hydrogen-bond acceptors (Lipinski definition) is 6. The van der Waals surface area contributed by atoms with Gasteiger partial charge in [-0.15, -0.1) is 0 Å². The number of esters is 1. The van der Waals surface area contributed by atoms with Gasteiger partial charge in [0.1, 0.15) is 6.54 Å². The highest BCUT2D eigenvalue weighted by Gasteiger charge is 2.24. The first kappa shape index (κ1) is 20.0. The molecule has 140 valence electrons. The van der Waals surface area contributed by atoms with E-state index in [1.807, 2.05) is 12.1 Å². The Kier molecular flexibility index (Phi) is 6.42. The maximum Gasteiger partial charge on any atom is 0.326 e. The Morgan fingerprint density at radius 2 is 1.85 bits per heavy atom. The molecule has 1 saturated heterocycles. The van der Waals surface area contributed by atoms with Crippen LogP contribution in [0, 0.1) is 0 Å². The lowest BCUT2D eigenvalue weighted by Crippen LogP contribution is -2.36. The van der Waals surface area contributed by atoms with Crippen molar-refractivity contribution in [2.75, 3.05) is 25.4 Å². The number of imide groups is 1. The molecule has 0 radical (unpaired) electrons. The minimum atomic E-state index is -0.717. The number of hydrogen-bond donors (Lipinski definition) is 1. The van der Waals surface area contributed by atoms with Gasteiger partial charge in [-0.25, -0.2) is 0 Å². The molecule has 8 heteroatoms. The van der Waals surface area contributed by atoms with E-state index in [9.17, 15) is 19.2 Å². The second kappa shape index (κ2) is 8.35. The average Bonchev–Trinajstić information content (AvgIpc) is 2.97. The summed E-state index contributed by atoms with van der Waals surface area (Å²) in [7, 11) is 0. The maximum absolute atomic E-state index is 12.1. The monoisotopic (exact) mass is 378 g/mol. The van der Waals surface area contributed by atoms with Gasteiger partial charge >= 0.3 is 5.97 Å². The van der Waals surface area contributed by atoms with E-state index in [1.54, 1.807) is 12.1 Å². The molecule has 0 unspecified atom stereocenters. The number of thioether (sulfide) groups is 1. The smallest absolute Gasteiger partial charge is 0.326 e. The van der Waals surface area contributed by atoms with Crippen molar-refractivity contribution in [1.29, 1.82) is 0 Å². The SMILES string of the molecule is CC(C)(C)c1ccc(C(=O)NC(=O)COC(=O)CN2CCSC2=O)cc1. The minimum absolute atomic E-state index is 0.0335. The molecule has 0 aliphatic carbocycles. The molecule has 0 atom stereocenters. The number of benzene rings is 1. The number of rotatable bonds is 5. The summed E-state index contributed by atoms with van der Waals surface area (Å²) in [5.41, 5.74) is 1.38. The lowest BCUT2D eigenvalue weighted by Gasteiger charge is -2.19. The van der Waals surface area contributed by atoms with Crippen LogP contribution < -0.4 is 5.32 Å². The number of carbonyl (C=O) groups is 4. The summed E-state index contributed by atoms with van der Waals surface area (Å²) in [6.07, 6.45) is 0. The van der Waals surface area contributed by atoms with Crippen molar-refractivity contribution in [3.8, 4) is 0 Å². The quantitative estimate of drug-likeness (QED) is 0.788. The van der Waals surface area contributed by atoms with Crippen molar-refractivity contribution in [2.45, 2.75) is 26.2 Å². The van der Waals surface area contributed by atoms with E-state index < -0.39 is 24.4 Å². The molecule has 26 heavy (non-hydrogen) atoms. The van der Waals surface area contributed by atoms with Crippen LogP contribution in [0.2, 0.25) is 0 Å². The maximum atomic E-state index is 12.1. The minimum Gasteiger partial charge on any atom is -0.454 e. The van der Waals surface area contributed by atoms with Crippen molar-refractivity contribution in [2.24, 2.45) is 0 Å². The lowest BCUT2D eigenvalue weighted by molar-refractivity contribution is -0.148. The van der Waals surface area contributed by atoms with Gasteiger partial charge in [0.05, 0.1) is 0 Å². The zero-order chi connectivity index (χ0) is 19.3. The zero-order valence-electron chi connectivity index (χ0n) is 15.0. The van der Waals surface area contributed by atoms with Crippen LogP contribution in [0.3, 0.4) is 0 Å². The van der Waals surface area contributed by atoms with Crippen LogP contribution in [0.15, 0.2) is 24.3 Å². The van der Waals surface area contributed by atoms with Gasteiger partial charge in [-0.05, 0) is 23.1 Å². The summed E-state index contributed by atoms with van der Waals surface area (Å²) in [6.45, 7) is 5.91. The second-order valence-electron chi connectivity index (χ2n) is 6.90. The fourth-order valence-electron chi connectivity index (χ4n) is 2.27. The summed E-state index contributed by atoms with van der Waals surface area (Å²) in [5.74, 6) is -1.32. The van der Waals surface area contributed by atoms with Gasteiger partial charge in [-0.2, -0.15) is 0 Å². The number of amides is 3. The Morgan fingerprint density at radius 1 is 1.19 bits per heavy atom. The predicted molar refractivity (Wildman–Crippen MR) is 98.0 cm³/mol. The van der Waals surface area contributed by atoms with E-state index in [2.05, 4.69) is 26.1 Å². The lowest BCUT2D eigenvalue weighted by atomic mass is 9.87. The van der Waals surface area contributed by atoms with Crippen molar-refractivity contribution < 1.29 is 23.9 Å². The zero-order valence-corrected chi connectivity index (χ0v) is 15.9. The molecule has 2 rings (SSSR count). The van der Waals surface area contributed by atoms with E-state index >= 15 is 0 Å². The van der Waals surface area contributed by atoms with Gasteiger partial charge in [0, 0.05) is 17.9 Å². The molecule has 7 nitrogen and oxygen atoms in total. The highest BCUT2D eigenvalue weighted by atomic mass is 32.2. The third-order valence-corrected chi connectivity index (χ3v) is 4.69. The summed E-state index contributed by atoms with van der Waals surface area (Å²) in [5, 5.41) is 1.99. The molecule has 0 aromatic heterocycles. The van der Waals surface area contributed by atoms with E-state index in [0.717, 1.165) is 17.3 Å². The van der Waals surface area contributed by atoms with Crippen LogP contribution >= 0.6 is 11.8 Å². The summed E-state index contributed by atoms with van der Waals surface area (Å²) < 4.78 is 4.81. The van der Waals surface area contributed by atoms with Crippen LogP contribution in [-0.4, -0.2) is 53.4 Å². The molecular formula is C18H22N2O5S. The fourth-order valence-corrected chi connectivity index (χ4v) is 3.10. The topological polar surface area (TPSA) is 92.8 Å². The molecule has 1 aliphatic rings. The Labute approximate surface area is 156 Å². The van der Waals surface area contributed by atoms with Crippen molar-refractivity contribution >= 4 is 34.8 Å². The van der Waals surface area contributed by atoms with Crippen LogP contribution in [0.4, 0.5) is 4.79 Å². The Hall–Kier alpha value is -2.35. The van der Waals surface area contributed by atoms with Crippen LogP contribution in [0.5, 0.6) is 0 Å². The molecule has 3 amide bonds. The fraction of sp³-hybridized carbons (Fsp3) is 0.444. The summed E-state index contributed by atoms with van der Waals surface area (Å²) >= 11 is 1.14. The molecule has 1 aromatic carbocycles. The Morgan fingerprint density at radius 3 is 2.38 bits per heavy atom. The van der Waals surface area contributed by atoms with Gasteiger partial charge in [-0.1, -0.05) is 44.7 Å². The number of nitrogens with one attached hydrogen (secondary N) is 1. The molecule has 0 bridgehead atoms. The summed E-state index contributed by atoms with van der Waals surface area (Å²) in [4.78, 5) is 48.2. The molecule has 1 fully saturated rings. The molecule has 0 spiro atoms. The first-order chi connectivity index (χ1) is 12.2. The van der Waals surface area contributed by atoms with Crippen LogP contribution in [-0.2, 0) is 19.7 Å². The van der Waals surface area contributed by atoms with Gasteiger partial charge < -0.3 is 9.64 Å². The normalized spacial score (nSPS) is 14.3. The third-order valence-electron chi connectivity index (χ3n) is 3.80. The Balaban J connectivity index is 1.79. The molecule has 1 aromatic rings. The van der Waals surface area contributed by atoms with E-state index in [-0.39, 0.29) is 17.2 Å². The highest BCUT2D eigenvalue weighted by Crippen LogP contribution is 2.22. The van der Waals surface area contributed by atoms with Gasteiger partial charge in [0.15, 0.2) is 6.61 Å². The number of carbonyl (C=O) groups excluding carboxylic acids is 4. The average molecular weight is 378 g/mol. The Bertz CT molecular complexity index is 709. The third kappa shape index (κ3) is 5.59. The summed E-state index contributed by atoms with van der Waals surface area (Å²) in [6, 6.07) is 6.96. The molecule has 0 saturated carbocycles. The van der Waals surface area contributed by atoms with E-state index in [1.165, 1.54) is 4.90 Å². The second-order valence-corrected chi connectivity index (χ2v) is 7.95. The van der Waals surface area contributed by atoms with Crippen LogP contribution in [0.25, 0.3) is 0 Å². The van der Waals surface area contributed by atoms with Gasteiger partial charge in [0.2, 0.25) is 0 Å². The van der Waals surface area contributed by atoms with Gasteiger partial charge in [0.25, 0.3) is 17.1 Å². The highest BCUT2D eigenvalue weighted by molar-refractivity contribution is 8.13. The molecular weight excluding hydrogens is 356 g/mol. The van der Waals surface area contributed by atoms with Crippen molar-refractivity contribution in [3.05, 3.63) is 35.4 Å². The van der Waals surface area contributed by atoms with Crippen molar-refractivity contribution in [3.63, 3.8) is 0 Å². The van der Waals surface area contributed by atoms with Crippen molar-refractivity contribution in [1.82, 2.24) is 10.2 Å². The molecule has 1 N–H and O–H groups in total. The van der Waals surface area contributed by atoms with Gasteiger partial charge in [-0.3, -0.25) is 24.5 Å². The molecule has 1 aliphatic heterocycles. The first-order valence-electron chi connectivity index (χ1n) is 8.19. The number of nitrogens with zero attached hydrogens (tertiary/aromatic N) is 1. The number of ether oxygens (including phenoxy) is 1.